The lowest BCUT2D eigenvalue weighted by atomic mass is 9.92. The van der Waals surface area contributed by atoms with E-state index in [4.69, 9.17) is 11.6 Å². The fraction of sp³-hybridized carbons (Fsp3) is 0.650. The molecule has 0 unspecified atom stereocenters. The van der Waals surface area contributed by atoms with E-state index in [1.54, 1.807) is 0 Å². The molecule has 4 rings (SSSR count). The minimum atomic E-state index is 0.201. The smallest absolute Gasteiger partial charge is 0.223 e. The van der Waals surface area contributed by atoms with Crippen molar-refractivity contribution in [3.05, 3.63) is 34.9 Å². The summed E-state index contributed by atoms with van der Waals surface area (Å²) >= 11 is 6.26. The van der Waals surface area contributed by atoms with Gasteiger partial charge in [0.25, 0.3) is 0 Å². The number of fused-ring (bicyclic) bond motifs is 2. The Bertz CT molecular complexity index is 597. The van der Waals surface area contributed by atoms with Crippen molar-refractivity contribution in [3.63, 3.8) is 0 Å². The van der Waals surface area contributed by atoms with E-state index in [-0.39, 0.29) is 5.92 Å². The van der Waals surface area contributed by atoms with Gasteiger partial charge in [0.05, 0.1) is 0 Å². The maximum Gasteiger partial charge on any atom is 0.223 e. The first-order valence-electron chi connectivity index (χ1n) is 9.45. The molecule has 3 atom stereocenters. The number of nitrogens with one attached hydrogen (secondary N) is 1. The van der Waals surface area contributed by atoms with Gasteiger partial charge >= 0.3 is 0 Å². The molecule has 1 amide bonds. The number of carbonyl (C=O) groups is 1. The Kier molecular flexibility index (Phi) is 4.82. The number of rotatable bonds is 4. The highest BCUT2D eigenvalue weighted by Crippen LogP contribution is 2.44. The van der Waals surface area contributed by atoms with Crippen molar-refractivity contribution in [2.75, 3.05) is 13.1 Å². The van der Waals surface area contributed by atoms with Crippen LogP contribution in [0.25, 0.3) is 0 Å². The molecule has 2 aliphatic carbocycles. The zero-order valence-electron chi connectivity index (χ0n) is 14.2. The Morgan fingerprint density at radius 1 is 1.12 bits per heavy atom. The van der Waals surface area contributed by atoms with Crippen LogP contribution in [0.1, 0.15) is 44.1 Å². The Morgan fingerprint density at radius 3 is 2.58 bits per heavy atom. The Hall–Kier alpha value is -1.06. The lowest BCUT2D eigenvalue weighted by Gasteiger charge is -2.33. The highest BCUT2D eigenvalue weighted by atomic mass is 35.5. The molecule has 1 aromatic rings. The van der Waals surface area contributed by atoms with Gasteiger partial charge in [0.15, 0.2) is 0 Å². The molecule has 3 aliphatic rings. The molecule has 0 radical (unpaired) electrons. The lowest BCUT2D eigenvalue weighted by molar-refractivity contribution is -0.127. The summed E-state index contributed by atoms with van der Waals surface area (Å²) in [6.45, 7) is 2.86. The molecule has 24 heavy (non-hydrogen) atoms. The molecule has 0 spiro atoms. The average Bonchev–Trinajstić information content (AvgIpc) is 3.20. The van der Waals surface area contributed by atoms with Crippen molar-refractivity contribution in [2.45, 2.75) is 51.1 Å². The van der Waals surface area contributed by atoms with Gasteiger partial charge in [0.1, 0.15) is 0 Å². The summed E-state index contributed by atoms with van der Waals surface area (Å²) in [5.41, 5.74) is 1.18. The van der Waals surface area contributed by atoms with Gasteiger partial charge in [-0.1, -0.05) is 36.2 Å². The zero-order chi connectivity index (χ0) is 16.5. The van der Waals surface area contributed by atoms with Crippen LogP contribution in [0.5, 0.6) is 0 Å². The molecule has 2 bridgehead atoms. The summed E-state index contributed by atoms with van der Waals surface area (Å²) in [7, 11) is 0. The van der Waals surface area contributed by atoms with Gasteiger partial charge in [0.2, 0.25) is 5.91 Å². The Balaban J connectivity index is 1.25. The van der Waals surface area contributed by atoms with Gasteiger partial charge in [0, 0.05) is 23.5 Å². The van der Waals surface area contributed by atoms with Gasteiger partial charge in [-0.05, 0) is 68.7 Å². The molecular weight excluding hydrogens is 320 g/mol. The van der Waals surface area contributed by atoms with Crippen LogP contribution in [0, 0.1) is 17.8 Å². The zero-order valence-corrected chi connectivity index (χ0v) is 15.0. The Morgan fingerprint density at radius 2 is 1.92 bits per heavy atom. The summed E-state index contributed by atoms with van der Waals surface area (Å²) in [5.74, 6) is 2.16. The van der Waals surface area contributed by atoms with E-state index in [2.05, 4.69) is 16.3 Å². The van der Waals surface area contributed by atoms with Crippen LogP contribution < -0.4 is 5.32 Å². The minimum absolute atomic E-state index is 0.201. The fourth-order valence-corrected chi connectivity index (χ4v) is 5.14. The molecule has 130 valence electrons. The molecule has 1 saturated heterocycles. The molecule has 3 fully saturated rings. The first-order valence-corrected chi connectivity index (χ1v) is 9.83. The van der Waals surface area contributed by atoms with E-state index in [0.717, 1.165) is 49.3 Å². The SMILES string of the molecule is O=C(N[C@H]1C[C@@H]2CC[C@@H]1C2)C1CCN(Cc2ccccc2Cl)CC1. The number of likely N-dealkylation sites (tertiary alicyclic amines) is 1. The number of benzene rings is 1. The monoisotopic (exact) mass is 346 g/mol. The van der Waals surface area contributed by atoms with E-state index in [1.165, 1.54) is 31.2 Å². The van der Waals surface area contributed by atoms with Crippen molar-refractivity contribution < 1.29 is 4.79 Å². The molecule has 1 aromatic carbocycles. The van der Waals surface area contributed by atoms with E-state index in [9.17, 15) is 4.79 Å². The molecule has 3 nitrogen and oxygen atoms in total. The number of amides is 1. The third-order valence-electron chi connectivity index (χ3n) is 6.38. The molecule has 2 saturated carbocycles. The van der Waals surface area contributed by atoms with Gasteiger partial charge in [-0.15, -0.1) is 0 Å². The first-order chi connectivity index (χ1) is 11.7. The second-order valence-corrected chi connectivity index (χ2v) is 8.34. The largest absolute Gasteiger partial charge is 0.353 e. The topological polar surface area (TPSA) is 32.3 Å². The van der Waals surface area contributed by atoms with Crippen molar-refractivity contribution in [3.8, 4) is 0 Å². The third kappa shape index (κ3) is 3.48. The quantitative estimate of drug-likeness (QED) is 0.897. The van der Waals surface area contributed by atoms with Gasteiger partial charge < -0.3 is 5.32 Å². The Labute approximate surface area is 149 Å². The van der Waals surface area contributed by atoms with Gasteiger partial charge in [-0.3, -0.25) is 9.69 Å². The first kappa shape index (κ1) is 16.4. The van der Waals surface area contributed by atoms with Gasteiger partial charge in [-0.25, -0.2) is 0 Å². The van der Waals surface area contributed by atoms with Crippen molar-refractivity contribution in [2.24, 2.45) is 17.8 Å². The summed E-state index contributed by atoms with van der Waals surface area (Å²) < 4.78 is 0. The van der Waals surface area contributed by atoms with Crippen LogP contribution in [0.2, 0.25) is 5.02 Å². The number of carbonyl (C=O) groups excluding carboxylic acids is 1. The number of halogens is 1. The molecule has 1 N–H and O–H groups in total. The van der Waals surface area contributed by atoms with E-state index >= 15 is 0 Å². The van der Waals surface area contributed by atoms with Crippen LogP contribution in [0.15, 0.2) is 24.3 Å². The van der Waals surface area contributed by atoms with Crippen LogP contribution in [-0.4, -0.2) is 29.9 Å². The van der Waals surface area contributed by atoms with Crippen molar-refractivity contribution in [1.82, 2.24) is 10.2 Å². The summed E-state index contributed by atoms with van der Waals surface area (Å²) in [5, 5.41) is 4.22. The molecule has 4 heteroatoms. The number of hydrogen-bond donors (Lipinski definition) is 1. The second kappa shape index (κ2) is 7.05. The molecule has 0 aromatic heterocycles. The van der Waals surface area contributed by atoms with E-state index < -0.39 is 0 Å². The maximum atomic E-state index is 12.6. The molecular formula is C20H27ClN2O. The predicted molar refractivity (Wildman–Crippen MR) is 96.8 cm³/mol. The van der Waals surface area contributed by atoms with Gasteiger partial charge in [-0.2, -0.15) is 0 Å². The standard InChI is InChI=1S/C20H27ClN2O/c21-18-4-2-1-3-17(18)13-23-9-7-15(8-10-23)20(24)22-19-12-14-5-6-16(19)11-14/h1-4,14-16,19H,5-13H2,(H,22,24)/t14-,16-,19+/m1/s1. The summed E-state index contributed by atoms with van der Waals surface area (Å²) in [6, 6.07) is 8.52. The fourth-order valence-electron chi connectivity index (χ4n) is 4.94. The van der Waals surface area contributed by atoms with Crippen LogP contribution >= 0.6 is 11.6 Å². The van der Waals surface area contributed by atoms with Crippen LogP contribution in [-0.2, 0) is 11.3 Å². The number of nitrogens with zero attached hydrogens (tertiary/aromatic N) is 1. The average molecular weight is 347 g/mol. The van der Waals surface area contributed by atoms with Crippen molar-refractivity contribution >= 4 is 17.5 Å². The van der Waals surface area contributed by atoms with Crippen LogP contribution in [0.4, 0.5) is 0 Å². The normalized spacial score (nSPS) is 30.6. The van der Waals surface area contributed by atoms with E-state index in [1.807, 2.05) is 18.2 Å². The lowest BCUT2D eigenvalue weighted by Crippen LogP contribution is -2.45. The minimum Gasteiger partial charge on any atom is -0.353 e. The molecule has 1 aliphatic heterocycles. The molecule has 1 heterocycles. The van der Waals surface area contributed by atoms with Crippen LogP contribution in [0.3, 0.4) is 0 Å². The maximum absolute atomic E-state index is 12.6. The summed E-state index contributed by atoms with van der Waals surface area (Å²) in [4.78, 5) is 15.0. The number of piperidine rings is 1. The highest BCUT2D eigenvalue weighted by Gasteiger charge is 2.40. The van der Waals surface area contributed by atoms with E-state index in [0.29, 0.717) is 11.9 Å². The van der Waals surface area contributed by atoms with Crippen molar-refractivity contribution in [1.29, 1.82) is 0 Å². The number of hydrogen-bond acceptors (Lipinski definition) is 2. The third-order valence-corrected chi connectivity index (χ3v) is 6.74. The second-order valence-electron chi connectivity index (χ2n) is 7.93. The summed E-state index contributed by atoms with van der Waals surface area (Å²) in [6.07, 6.45) is 7.22. The predicted octanol–water partition coefficient (Wildman–Crippen LogP) is 3.86. The highest BCUT2D eigenvalue weighted by molar-refractivity contribution is 6.31.